The molecule has 6 heavy (non-hydrogen) atoms. The smallest absolute Gasteiger partial charge is 0.0741 e. The van der Waals surface area contributed by atoms with Crippen LogP contribution >= 0.6 is 0 Å². The van der Waals surface area contributed by atoms with E-state index in [2.05, 4.69) is 13.1 Å². The van der Waals surface area contributed by atoms with Crippen molar-refractivity contribution in [3.05, 3.63) is 0 Å². The van der Waals surface area contributed by atoms with E-state index in [1.165, 1.54) is 0 Å². The van der Waals surface area contributed by atoms with Gasteiger partial charge in [-0.3, -0.25) is 0 Å². The van der Waals surface area contributed by atoms with E-state index < -0.39 is 0 Å². The Bertz CT molecular complexity index is 28.7. The van der Waals surface area contributed by atoms with Gasteiger partial charge in [-0.1, -0.05) is 13.1 Å². The van der Waals surface area contributed by atoms with Crippen LogP contribution in [0.25, 0.3) is 0 Å². The van der Waals surface area contributed by atoms with Gasteiger partial charge < -0.3 is 4.74 Å². The van der Waals surface area contributed by atoms with Gasteiger partial charge in [0.2, 0.25) is 0 Å². The molecule has 0 amide bonds. The van der Waals surface area contributed by atoms with E-state index in [1.807, 2.05) is 0 Å². The lowest BCUT2D eigenvalue weighted by Crippen LogP contribution is -2.08. The Kier molecular flexibility index (Phi) is 3.47. The molecule has 0 spiro atoms. The molecule has 0 N–H and O–H groups in total. The predicted molar refractivity (Wildman–Crippen MR) is 29.4 cm³/mol. The van der Waals surface area contributed by atoms with Gasteiger partial charge in [0.15, 0.2) is 0 Å². The average Bonchev–Trinajstić information content (AvgIpc) is 1.35. The molecule has 0 bridgehead atoms. The summed E-state index contributed by atoms with van der Waals surface area (Å²) in [6.07, 6.45) is 0.977. The molecule has 0 aromatic rings. The molecule has 0 atom stereocenters. The van der Waals surface area contributed by atoms with Crippen LogP contribution in [0.4, 0.5) is 0 Å². The van der Waals surface area contributed by atoms with Crippen LogP contribution in [0.2, 0.25) is 13.1 Å². The minimum Gasteiger partial charge on any atom is -0.388 e. The Labute approximate surface area is 40.9 Å². The molecule has 0 fully saturated rings. The van der Waals surface area contributed by atoms with Crippen molar-refractivity contribution in [2.24, 2.45) is 0 Å². The van der Waals surface area contributed by atoms with Crippen LogP contribution in [0.5, 0.6) is 0 Å². The lowest BCUT2D eigenvalue weighted by Gasteiger charge is -1.95. The zero-order valence-corrected chi connectivity index (χ0v) is 5.62. The van der Waals surface area contributed by atoms with E-state index in [0.717, 1.165) is 6.23 Å². The second-order valence-electron chi connectivity index (χ2n) is 1.64. The molecule has 0 aliphatic heterocycles. The Morgan fingerprint density at radius 3 is 2.00 bits per heavy atom. The van der Waals surface area contributed by atoms with Crippen LogP contribution in [-0.4, -0.2) is 22.1 Å². The van der Waals surface area contributed by atoms with Crippen molar-refractivity contribution < 1.29 is 4.74 Å². The minimum absolute atomic E-state index is 0.108. The molecule has 0 aliphatic carbocycles. The average molecular weight is 103 g/mol. The van der Waals surface area contributed by atoms with Gasteiger partial charge in [-0.25, -0.2) is 0 Å². The fraction of sp³-hybridized carbons (Fsp3) is 1.00. The van der Waals surface area contributed by atoms with Crippen molar-refractivity contribution in [1.82, 2.24) is 0 Å². The van der Waals surface area contributed by atoms with Crippen LogP contribution in [0.3, 0.4) is 0 Å². The van der Waals surface area contributed by atoms with Crippen molar-refractivity contribution in [2.45, 2.75) is 13.1 Å². The summed E-state index contributed by atoms with van der Waals surface area (Å²) in [7, 11) is 1.64. The summed E-state index contributed by atoms with van der Waals surface area (Å²) >= 11 is 0. The number of hydrogen-bond donors (Lipinski definition) is 0. The molecule has 0 rings (SSSR count). The van der Waals surface area contributed by atoms with Gasteiger partial charge in [0.05, 0.1) is 8.80 Å². The molecule has 0 aliphatic rings. The standard InChI is InChI=1S/C4H11OSi/c1-5-4-6(2)3/h4H2,1-3H3. The van der Waals surface area contributed by atoms with Gasteiger partial charge >= 0.3 is 0 Å². The Balaban J connectivity index is 2.63. The quantitative estimate of drug-likeness (QED) is 0.472. The normalized spacial score (nSPS) is 10.0. The van der Waals surface area contributed by atoms with Gasteiger partial charge in [0.1, 0.15) is 0 Å². The van der Waals surface area contributed by atoms with Crippen molar-refractivity contribution >= 4 is 8.80 Å². The Hall–Kier alpha value is 0.177. The van der Waals surface area contributed by atoms with Crippen LogP contribution in [0.1, 0.15) is 0 Å². The molecule has 0 saturated carbocycles. The second-order valence-corrected chi connectivity index (χ2v) is 4.34. The molecule has 1 radical (unpaired) electrons. The third kappa shape index (κ3) is 4.18. The van der Waals surface area contributed by atoms with E-state index in [9.17, 15) is 0 Å². The van der Waals surface area contributed by atoms with Crippen molar-refractivity contribution in [3.63, 3.8) is 0 Å². The summed E-state index contributed by atoms with van der Waals surface area (Å²) in [6, 6.07) is 0. The van der Waals surface area contributed by atoms with Gasteiger partial charge in [0, 0.05) is 13.3 Å². The minimum atomic E-state index is -0.108. The Morgan fingerprint density at radius 2 is 2.00 bits per heavy atom. The highest BCUT2D eigenvalue weighted by atomic mass is 28.3. The van der Waals surface area contributed by atoms with Crippen molar-refractivity contribution in [2.75, 3.05) is 13.3 Å². The van der Waals surface area contributed by atoms with E-state index in [1.54, 1.807) is 7.11 Å². The number of methoxy groups -OCH3 is 1. The Morgan fingerprint density at radius 1 is 1.50 bits per heavy atom. The van der Waals surface area contributed by atoms with Gasteiger partial charge in [-0.15, -0.1) is 0 Å². The highest BCUT2D eigenvalue weighted by molar-refractivity contribution is 6.55. The zero-order valence-electron chi connectivity index (χ0n) is 4.62. The fourth-order valence-corrected chi connectivity index (χ4v) is 0.866. The maximum atomic E-state index is 4.85. The summed E-state index contributed by atoms with van der Waals surface area (Å²) in [5.41, 5.74) is 0. The van der Waals surface area contributed by atoms with Gasteiger partial charge in [-0.05, 0) is 0 Å². The van der Waals surface area contributed by atoms with Crippen molar-refractivity contribution in [3.8, 4) is 0 Å². The predicted octanol–water partition coefficient (Wildman–Crippen LogP) is 0.926. The maximum Gasteiger partial charge on any atom is 0.0741 e. The second kappa shape index (κ2) is 3.37. The van der Waals surface area contributed by atoms with E-state index >= 15 is 0 Å². The van der Waals surface area contributed by atoms with E-state index in [0.29, 0.717) is 0 Å². The molecule has 0 unspecified atom stereocenters. The highest BCUT2D eigenvalue weighted by Gasteiger charge is 1.89. The molecule has 0 aromatic carbocycles. The number of ether oxygens (including phenoxy) is 1. The van der Waals surface area contributed by atoms with Crippen LogP contribution in [0, 0.1) is 0 Å². The first-order valence-corrected chi connectivity index (χ1v) is 4.76. The van der Waals surface area contributed by atoms with Gasteiger partial charge in [-0.2, -0.15) is 0 Å². The largest absolute Gasteiger partial charge is 0.388 e. The van der Waals surface area contributed by atoms with E-state index in [-0.39, 0.29) is 8.80 Å². The van der Waals surface area contributed by atoms with Crippen molar-refractivity contribution in [1.29, 1.82) is 0 Å². The molecule has 1 nitrogen and oxygen atoms in total. The summed E-state index contributed by atoms with van der Waals surface area (Å²) in [5, 5.41) is 0. The third-order valence-corrected chi connectivity index (χ3v) is 1.30. The topological polar surface area (TPSA) is 9.23 Å². The first kappa shape index (κ1) is 6.18. The lowest BCUT2D eigenvalue weighted by molar-refractivity contribution is 0.249. The fourth-order valence-electron chi connectivity index (χ4n) is 0.289. The molecule has 0 aromatic heterocycles. The first-order chi connectivity index (χ1) is 2.77. The molecule has 0 saturated heterocycles. The summed E-state index contributed by atoms with van der Waals surface area (Å²) in [5.74, 6) is 0. The zero-order chi connectivity index (χ0) is 4.99. The molecular formula is C4H11OSi. The lowest BCUT2D eigenvalue weighted by atomic mass is 11.5. The van der Waals surface area contributed by atoms with E-state index in [4.69, 9.17) is 4.74 Å². The number of rotatable bonds is 2. The maximum absolute atomic E-state index is 4.85. The van der Waals surface area contributed by atoms with Gasteiger partial charge in [0.25, 0.3) is 0 Å². The highest BCUT2D eigenvalue weighted by Crippen LogP contribution is 1.76. The van der Waals surface area contributed by atoms with Crippen LogP contribution in [-0.2, 0) is 4.74 Å². The number of hydrogen-bond acceptors (Lipinski definition) is 1. The molecule has 0 heterocycles. The summed E-state index contributed by atoms with van der Waals surface area (Å²) < 4.78 is 4.85. The van der Waals surface area contributed by atoms with Crippen LogP contribution < -0.4 is 0 Å². The molecule has 2 heteroatoms. The molecule has 37 valence electrons. The first-order valence-electron chi connectivity index (χ1n) is 2.05. The van der Waals surface area contributed by atoms with Crippen LogP contribution in [0.15, 0.2) is 0 Å². The summed E-state index contributed by atoms with van der Waals surface area (Å²) in [6.45, 7) is 4.46. The third-order valence-electron chi connectivity index (χ3n) is 0.433. The summed E-state index contributed by atoms with van der Waals surface area (Å²) in [4.78, 5) is 0. The monoisotopic (exact) mass is 103 g/mol. The molecular weight excluding hydrogens is 92.1 g/mol. The SMILES string of the molecule is COC[Si](C)C.